The Labute approximate surface area is 397 Å². The highest BCUT2D eigenvalue weighted by Gasteiger charge is 2.23. The largest absolute Gasteiger partial charge is 0.309 e. The van der Waals surface area contributed by atoms with Crippen molar-refractivity contribution in [3.63, 3.8) is 0 Å². The van der Waals surface area contributed by atoms with E-state index >= 15 is 0 Å². The zero-order valence-electron chi connectivity index (χ0n) is 37.5. The van der Waals surface area contributed by atoms with Crippen LogP contribution < -0.4 is 0 Å². The van der Waals surface area contributed by atoms with Gasteiger partial charge in [0.25, 0.3) is 0 Å². The molecule has 0 saturated carbocycles. The highest BCUT2D eigenvalue weighted by Crippen LogP contribution is 2.45. The predicted octanol–water partition coefficient (Wildman–Crippen LogP) is 16.6. The molecule has 0 saturated heterocycles. The molecule has 69 heavy (non-hydrogen) atoms. The Morgan fingerprint density at radius 3 is 1.58 bits per heavy atom. The van der Waals surface area contributed by atoms with Crippen molar-refractivity contribution in [2.45, 2.75) is 0 Å². The highest BCUT2D eigenvalue weighted by atomic mass is 15.2. The van der Waals surface area contributed by atoms with Crippen molar-refractivity contribution in [3.8, 4) is 39.7 Å². The molecule has 0 bridgehead atoms. The van der Waals surface area contributed by atoms with E-state index < -0.39 is 0 Å². The first-order valence-electron chi connectivity index (χ1n) is 23.4. The van der Waals surface area contributed by atoms with Gasteiger partial charge in [0.1, 0.15) is 0 Å². The first-order valence-corrected chi connectivity index (χ1v) is 23.4. The Balaban J connectivity index is 1.02. The summed E-state index contributed by atoms with van der Waals surface area (Å²) >= 11 is 0. The van der Waals surface area contributed by atoms with Crippen molar-refractivity contribution in [2.24, 2.45) is 0 Å². The number of hydrogen-bond acceptors (Lipinski definition) is 2. The van der Waals surface area contributed by atoms with Gasteiger partial charge >= 0.3 is 0 Å². The van der Waals surface area contributed by atoms with Crippen molar-refractivity contribution in [1.29, 1.82) is 0 Å². The van der Waals surface area contributed by atoms with Gasteiger partial charge in [-0.05, 0) is 101 Å². The van der Waals surface area contributed by atoms with Crippen molar-refractivity contribution in [1.82, 2.24) is 23.7 Å². The van der Waals surface area contributed by atoms with Gasteiger partial charge < -0.3 is 9.13 Å². The van der Waals surface area contributed by atoms with Gasteiger partial charge in [-0.3, -0.25) is 4.57 Å². The summed E-state index contributed by atoms with van der Waals surface area (Å²) in [6, 6.07) is 78.6. The van der Waals surface area contributed by atoms with Gasteiger partial charge in [0.15, 0.2) is 0 Å². The van der Waals surface area contributed by atoms with E-state index in [-0.39, 0.29) is 0 Å². The summed E-state index contributed by atoms with van der Waals surface area (Å²) in [6.07, 6.45) is 6.07. The quantitative estimate of drug-likeness (QED) is 0.150. The molecule has 0 aliphatic rings. The number of allylic oxidation sites excluding steroid dienone is 2. The number of para-hydroxylation sites is 6. The standard InChI is InChI=1S/C64H41N5/c1-2-3-20-41-38-61-54(39-51(41)52-40-55-48-28-15-18-33-58(48)68(44-23-8-5-9-24-44)63(55)49-29-11-10-25-45(49)52)47-27-14-19-34-59(47)69(61)64-65-56-31-16-12-30-50(56)62(66-64)42-35-36-60-53(37-42)46-26-13-17-32-57(46)67(60)43-21-6-4-7-22-43/h2-40H,1H2/b20-3-. The van der Waals surface area contributed by atoms with Crippen LogP contribution in [0.5, 0.6) is 0 Å². The van der Waals surface area contributed by atoms with E-state index in [1.54, 1.807) is 0 Å². The fourth-order valence-corrected chi connectivity index (χ4v) is 11.0. The normalized spacial score (nSPS) is 12.1. The number of benzene rings is 10. The van der Waals surface area contributed by atoms with Crippen molar-refractivity contribution in [3.05, 3.63) is 243 Å². The molecule has 0 spiro atoms. The summed E-state index contributed by atoms with van der Waals surface area (Å²) < 4.78 is 7.03. The predicted molar refractivity (Wildman–Crippen MR) is 290 cm³/mol. The van der Waals surface area contributed by atoms with Crippen LogP contribution in [-0.4, -0.2) is 23.7 Å². The molecule has 0 aliphatic carbocycles. The van der Waals surface area contributed by atoms with Crippen LogP contribution in [0.3, 0.4) is 0 Å². The SMILES string of the molecule is C=C/C=C\c1cc2c(cc1-c1cc3c4ccccc4n(-c4ccccc4)c3c3ccccc13)c1ccccc1n2-c1nc(-c2ccc3c(c2)c2ccccc2n3-c2ccccc2)c2ccccc2n1. The maximum Gasteiger partial charge on any atom is 0.235 e. The second-order valence-corrected chi connectivity index (χ2v) is 17.8. The lowest BCUT2D eigenvalue weighted by Crippen LogP contribution is -2.03. The maximum absolute atomic E-state index is 5.58. The first-order chi connectivity index (χ1) is 34.2. The van der Waals surface area contributed by atoms with Gasteiger partial charge in [0, 0.05) is 60.0 Å². The Morgan fingerprint density at radius 1 is 0.362 bits per heavy atom. The Bertz CT molecular complexity index is 4430. The molecule has 0 radical (unpaired) electrons. The van der Waals surface area contributed by atoms with Crippen LogP contribution in [0, 0.1) is 0 Å². The summed E-state index contributed by atoms with van der Waals surface area (Å²) in [6.45, 7) is 4.10. The third-order valence-electron chi connectivity index (χ3n) is 14.0. The zero-order chi connectivity index (χ0) is 45.6. The Kier molecular flexibility index (Phi) is 8.67. The van der Waals surface area contributed by atoms with Crippen LogP contribution in [0.25, 0.3) is 133 Å². The second kappa shape index (κ2) is 15.4. The van der Waals surface area contributed by atoms with Crippen molar-refractivity contribution in [2.75, 3.05) is 0 Å². The third kappa shape index (κ3) is 5.90. The molecule has 5 heteroatoms. The van der Waals surface area contributed by atoms with E-state index in [4.69, 9.17) is 9.97 Å². The molecule has 4 aromatic heterocycles. The van der Waals surface area contributed by atoms with Gasteiger partial charge in [0.2, 0.25) is 5.95 Å². The molecule has 4 heterocycles. The van der Waals surface area contributed by atoms with E-state index in [2.05, 4.69) is 245 Å². The average Bonchev–Trinajstić information content (AvgIpc) is 4.05. The molecule has 0 atom stereocenters. The third-order valence-corrected chi connectivity index (χ3v) is 14.0. The zero-order valence-corrected chi connectivity index (χ0v) is 37.5. The lowest BCUT2D eigenvalue weighted by atomic mass is 9.91. The summed E-state index contributed by atoms with van der Waals surface area (Å²) in [5.74, 6) is 0.619. The lowest BCUT2D eigenvalue weighted by Gasteiger charge is -2.15. The van der Waals surface area contributed by atoms with Gasteiger partial charge in [-0.2, -0.15) is 0 Å². The molecule has 0 unspecified atom stereocenters. The van der Waals surface area contributed by atoms with Gasteiger partial charge in [-0.1, -0.05) is 164 Å². The number of rotatable bonds is 7. The highest BCUT2D eigenvalue weighted by molar-refractivity contribution is 6.23. The number of fused-ring (bicyclic) bond motifs is 12. The maximum atomic E-state index is 5.58. The molecular formula is C64H41N5. The summed E-state index contributed by atoms with van der Waals surface area (Å²) in [5, 5.41) is 10.4. The molecule has 322 valence electrons. The Hall–Kier alpha value is -9.32. The topological polar surface area (TPSA) is 40.6 Å². The smallest absolute Gasteiger partial charge is 0.235 e. The minimum absolute atomic E-state index is 0.619. The van der Waals surface area contributed by atoms with Crippen molar-refractivity contribution < 1.29 is 0 Å². The van der Waals surface area contributed by atoms with Gasteiger partial charge in [0.05, 0.1) is 44.3 Å². The molecule has 5 nitrogen and oxygen atoms in total. The molecule has 0 N–H and O–H groups in total. The summed E-state index contributed by atoms with van der Waals surface area (Å²) in [5.41, 5.74) is 15.2. The molecule has 0 amide bonds. The number of aromatic nitrogens is 5. The summed E-state index contributed by atoms with van der Waals surface area (Å²) in [4.78, 5) is 11.0. The lowest BCUT2D eigenvalue weighted by molar-refractivity contribution is 1.01. The van der Waals surface area contributed by atoms with E-state index in [0.717, 1.165) is 72.0 Å². The molecule has 14 rings (SSSR count). The fraction of sp³-hybridized carbons (Fsp3) is 0. The molecular weight excluding hydrogens is 839 g/mol. The van der Waals surface area contributed by atoms with Crippen LogP contribution in [0.1, 0.15) is 5.56 Å². The fourth-order valence-electron chi connectivity index (χ4n) is 11.0. The molecule has 0 aliphatic heterocycles. The van der Waals surface area contributed by atoms with Crippen LogP contribution in [0.15, 0.2) is 237 Å². The van der Waals surface area contributed by atoms with Crippen LogP contribution in [-0.2, 0) is 0 Å². The van der Waals surface area contributed by atoms with E-state index in [1.165, 1.54) is 54.4 Å². The van der Waals surface area contributed by atoms with Crippen LogP contribution in [0.2, 0.25) is 0 Å². The minimum Gasteiger partial charge on any atom is -0.309 e. The molecule has 0 fully saturated rings. The number of hydrogen-bond donors (Lipinski definition) is 0. The monoisotopic (exact) mass is 879 g/mol. The molecule has 10 aromatic carbocycles. The van der Waals surface area contributed by atoms with Gasteiger partial charge in [-0.25, -0.2) is 9.97 Å². The average molecular weight is 880 g/mol. The van der Waals surface area contributed by atoms with Gasteiger partial charge in [-0.15, -0.1) is 0 Å². The van der Waals surface area contributed by atoms with Crippen molar-refractivity contribution >= 4 is 93.2 Å². The van der Waals surface area contributed by atoms with Crippen LogP contribution in [0.4, 0.5) is 0 Å². The minimum atomic E-state index is 0.619. The number of nitrogens with zero attached hydrogens (tertiary/aromatic N) is 5. The second-order valence-electron chi connectivity index (χ2n) is 17.8. The molecule has 14 aromatic rings. The van der Waals surface area contributed by atoms with Crippen LogP contribution >= 0.6 is 0 Å². The van der Waals surface area contributed by atoms with E-state index in [1.807, 2.05) is 12.2 Å². The van der Waals surface area contributed by atoms with E-state index in [0.29, 0.717) is 5.95 Å². The Morgan fingerprint density at radius 2 is 0.884 bits per heavy atom. The first kappa shape index (κ1) is 38.9. The van der Waals surface area contributed by atoms with E-state index in [9.17, 15) is 0 Å². The summed E-state index contributed by atoms with van der Waals surface area (Å²) in [7, 11) is 0.